The average molecular weight is 602 g/mol. The van der Waals surface area contributed by atoms with E-state index in [4.69, 9.17) is 0 Å². The second kappa shape index (κ2) is 12.3. The van der Waals surface area contributed by atoms with E-state index in [9.17, 15) is 36.6 Å². The number of nitrogens with one attached hydrogen (secondary N) is 2. The molecular formula is C26H32F5N7O4. The van der Waals surface area contributed by atoms with Crippen molar-refractivity contribution in [3.63, 3.8) is 0 Å². The van der Waals surface area contributed by atoms with E-state index in [0.717, 1.165) is 6.92 Å². The number of hydrogen-bond donors (Lipinski definition) is 3. The van der Waals surface area contributed by atoms with Gasteiger partial charge in [-0.1, -0.05) is 0 Å². The molecule has 0 spiro atoms. The van der Waals surface area contributed by atoms with Crippen molar-refractivity contribution in [2.75, 3.05) is 6.61 Å². The lowest BCUT2D eigenvalue weighted by molar-refractivity contribution is -0.213. The Balaban J connectivity index is 1.53. The molecule has 1 saturated carbocycles. The molecule has 3 aromatic heterocycles. The van der Waals surface area contributed by atoms with Crippen LogP contribution in [0.15, 0.2) is 30.7 Å². The van der Waals surface area contributed by atoms with Crippen molar-refractivity contribution in [2.45, 2.75) is 83.0 Å². The van der Waals surface area contributed by atoms with Crippen LogP contribution in [0.2, 0.25) is 0 Å². The van der Waals surface area contributed by atoms with Gasteiger partial charge in [-0.05, 0) is 51.7 Å². The molecule has 42 heavy (non-hydrogen) atoms. The quantitative estimate of drug-likeness (QED) is 0.237. The summed E-state index contributed by atoms with van der Waals surface area (Å²) in [5, 5.41) is 23.8. The van der Waals surface area contributed by atoms with Gasteiger partial charge in [0.15, 0.2) is 18.0 Å². The molecule has 0 bridgehead atoms. The number of rotatable bonds is 10. The molecule has 16 heteroatoms. The number of imidazole rings is 1. The highest BCUT2D eigenvalue weighted by Crippen LogP contribution is 2.41. The third-order valence-corrected chi connectivity index (χ3v) is 7.13. The number of carbonyl (C=O) groups is 2. The normalized spacial score (nSPS) is 18.1. The first-order valence-electron chi connectivity index (χ1n) is 13.4. The number of aliphatic hydroxyl groups is 1. The van der Waals surface area contributed by atoms with Crippen molar-refractivity contribution in [2.24, 2.45) is 5.92 Å². The van der Waals surface area contributed by atoms with Gasteiger partial charge in [-0.3, -0.25) is 14.3 Å². The van der Waals surface area contributed by atoms with E-state index in [-0.39, 0.29) is 48.9 Å². The molecular weight excluding hydrogens is 569 g/mol. The number of hydrogen-bond acceptors (Lipinski definition) is 7. The molecule has 3 aromatic rings. The zero-order chi connectivity index (χ0) is 30.8. The van der Waals surface area contributed by atoms with Gasteiger partial charge in [-0.15, -0.1) is 0 Å². The van der Waals surface area contributed by atoms with Crippen LogP contribution in [0.25, 0.3) is 5.65 Å². The van der Waals surface area contributed by atoms with Gasteiger partial charge >= 0.3 is 6.18 Å². The van der Waals surface area contributed by atoms with E-state index in [1.807, 2.05) is 13.8 Å². The molecule has 1 aliphatic rings. The Kier molecular flexibility index (Phi) is 9.15. The summed E-state index contributed by atoms with van der Waals surface area (Å²) in [4.78, 5) is 29.8. The summed E-state index contributed by atoms with van der Waals surface area (Å²) >= 11 is 0. The first-order chi connectivity index (χ1) is 19.6. The molecule has 11 nitrogen and oxygen atoms in total. The minimum atomic E-state index is -4.64. The molecule has 4 rings (SSSR count). The van der Waals surface area contributed by atoms with E-state index in [1.165, 1.54) is 29.2 Å². The lowest BCUT2D eigenvalue weighted by Crippen LogP contribution is -2.38. The third kappa shape index (κ3) is 7.40. The Morgan fingerprint density at radius 3 is 2.50 bits per heavy atom. The van der Waals surface area contributed by atoms with Gasteiger partial charge in [0.05, 0.1) is 24.1 Å². The summed E-state index contributed by atoms with van der Waals surface area (Å²) in [6, 6.07) is 2.11. The fourth-order valence-electron chi connectivity index (χ4n) is 4.73. The molecule has 2 amide bonds. The lowest BCUT2D eigenvalue weighted by atomic mass is 9.81. The number of carbonyl (C=O) groups excluding carboxylic acids is 2. The lowest BCUT2D eigenvalue weighted by Gasteiger charge is -2.33. The molecule has 0 saturated heterocycles. The fourth-order valence-corrected chi connectivity index (χ4v) is 4.73. The maximum Gasteiger partial charge on any atom is 0.414 e. The second-order valence-corrected chi connectivity index (χ2v) is 10.6. The van der Waals surface area contributed by atoms with Crippen molar-refractivity contribution in [1.82, 2.24) is 35.0 Å². The molecule has 0 aromatic carbocycles. The predicted octanol–water partition coefficient (Wildman–Crippen LogP) is 3.88. The van der Waals surface area contributed by atoms with E-state index in [2.05, 4.69) is 30.6 Å². The predicted molar refractivity (Wildman–Crippen MR) is 137 cm³/mol. The number of halogens is 5. The monoisotopic (exact) mass is 601 g/mol. The Morgan fingerprint density at radius 1 is 1.17 bits per heavy atom. The van der Waals surface area contributed by atoms with Crippen molar-refractivity contribution in [1.29, 1.82) is 0 Å². The van der Waals surface area contributed by atoms with Gasteiger partial charge in [0.25, 0.3) is 5.91 Å². The standard InChI is InChI=1S/C26H32F5N7O4/c1-14(2)38-19(6-9-32-38)24(41)36-22(16-4-7-25(27,28)8-5-16)18-12-37-20(34-18)10-17(11-33-37)23(40)35-21(39)13-42-15(3)26(29,30)31/h6,9-12,14-16,22-23,40H,4-5,7-8,13H2,1-3H3,(H,35,39)(H,36,41)/t15-,22-,23+/m0/s1. The van der Waals surface area contributed by atoms with Gasteiger partial charge in [-0.2, -0.15) is 23.4 Å². The van der Waals surface area contributed by atoms with Crippen LogP contribution >= 0.6 is 0 Å². The molecule has 3 atom stereocenters. The van der Waals surface area contributed by atoms with Crippen LogP contribution < -0.4 is 10.6 Å². The number of amides is 2. The highest BCUT2D eigenvalue weighted by Gasteiger charge is 2.40. The first-order valence-corrected chi connectivity index (χ1v) is 13.4. The zero-order valence-corrected chi connectivity index (χ0v) is 23.1. The van der Waals surface area contributed by atoms with Crippen LogP contribution in [0.3, 0.4) is 0 Å². The summed E-state index contributed by atoms with van der Waals surface area (Å²) in [6.07, 6.45) is -4.56. The number of ether oxygens (including phenoxy) is 1. The third-order valence-electron chi connectivity index (χ3n) is 7.13. The largest absolute Gasteiger partial charge is 0.414 e. The SMILES string of the molecule is CC(C)n1nccc1C(=O)N[C@H](c1cn2ncc([C@@H](O)NC(=O)CO[C@@H](C)C(F)(F)F)cc2n1)C1CCC(F)(F)CC1. The maximum absolute atomic E-state index is 13.9. The molecule has 0 unspecified atom stereocenters. The van der Waals surface area contributed by atoms with Crippen LogP contribution in [0.1, 0.15) is 86.5 Å². The molecule has 3 N–H and O–H groups in total. The van der Waals surface area contributed by atoms with E-state index in [1.54, 1.807) is 10.7 Å². The summed E-state index contributed by atoms with van der Waals surface area (Å²) < 4.78 is 73.1. The van der Waals surface area contributed by atoms with Crippen molar-refractivity contribution in [3.05, 3.63) is 47.7 Å². The van der Waals surface area contributed by atoms with Crippen LogP contribution in [0.5, 0.6) is 0 Å². The van der Waals surface area contributed by atoms with Gasteiger partial charge in [0, 0.05) is 30.6 Å². The maximum atomic E-state index is 13.9. The smallest absolute Gasteiger partial charge is 0.369 e. The highest BCUT2D eigenvalue weighted by atomic mass is 19.4. The number of nitrogens with zero attached hydrogens (tertiary/aromatic N) is 5. The van der Waals surface area contributed by atoms with Crippen LogP contribution in [0, 0.1) is 5.92 Å². The van der Waals surface area contributed by atoms with Crippen molar-refractivity contribution < 1.29 is 41.4 Å². The van der Waals surface area contributed by atoms with Crippen LogP contribution in [0.4, 0.5) is 22.0 Å². The van der Waals surface area contributed by atoms with Gasteiger partial charge in [0.1, 0.15) is 12.3 Å². The summed E-state index contributed by atoms with van der Waals surface area (Å²) in [5.41, 5.74) is 0.945. The number of alkyl halides is 5. The average Bonchev–Trinajstić information content (AvgIpc) is 3.57. The van der Waals surface area contributed by atoms with Crippen molar-refractivity contribution in [3.8, 4) is 0 Å². The molecule has 3 heterocycles. The zero-order valence-electron chi connectivity index (χ0n) is 23.1. The first kappa shape index (κ1) is 31.3. The van der Waals surface area contributed by atoms with Gasteiger partial charge in [-0.25, -0.2) is 18.3 Å². The van der Waals surface area contributed by atoms with Crippen LogP contribution in [-0.4, -0.2) is 66.1 Å². The Labute approximate surface area is 237 Å². The molecule has 1 fully saturated rings. The highest BCUT2D eigenvalue weighted by molar-refractivity contribution is 5.92. The number of aromatic nitrogens is 5. The molecule has 0 radical (unpaired) electrons. The van der Waals surface area contributed by atoms with E-state index in [0.29, 0.717) is 11.4 Å². The van der Waals surface area contributed by atoms with E-state index >= 15 is 0 Å². The Bertz CT molecular complexity index is 1400. The molecule has 1 aliphatic carbocycles. The number of aliphatic hydroxyl groups excluding tert-OH is 1. The Morgan fingerprint density at radius 2 is 1.86 bits per heavy atom. The molecule has 0 aliphatic heterocycles. The second-order valence-electron chi connectivity index (χ2n) is 10.6. The number of fused-ring (bicyclic) bond motifs is 1. The fraction of sp³-hybridized carbons (Fsp3) is 0.577. The summed E-state index contributed by atoms with van der Waals surface area (Å²) in [7, 11) is 0. The summed E-state index contributed by atoms with van der Waals surface area (Å²) in [6.45, 7) is 3.55. The topological polar surface area (TPSA) is 136 Å². The van der Waals surface area contributed by atoms with E-state index < -0.39 is 48.9 Å². The Hall–Kier alpha value is -3.66. The summed E-state index contributed by atoms with van der Waals surface area (Å²) in [5.74, 6) is -4.57. The minimum absolute atomic E-state index is 0.0793. The molecule has 230 valence electrons. The van der Waals surface area contributed by atoms with Gasteiger partial charge in [0.2, 0.25) is 11.8 Å². The minimum Gasteiger partial charge on any atom is -0.369 e. The van der Waals surface area contributed by atoms with Crippen molar-refractivity contribution >= 4 is 17.5 Å². The van der Waals surface area contributed by atoms with Gasteiger partial charge < -0.3 is 20.5 Å². The van der Waals surface area contributed by atoms with Crippen LogP contribution in [-0.2, 0) is 9.53 Å².